The Bertz CT molecular complexity index is 445. The number of ether oxygens (including phenoxy) is 1. The SMILES string of the molecule is CC(C)OC(=O)Nc1ccc(N)c([N+](=O)[O-])c1. The molecule has 1 rings (SSSR count). The van der Waals surface area contributed by atoms with Crippen LogP contribution < -0.4 is 11.1 Å². The van der Waals surface area contributed by atoms with Crippen molar-refractivity contribution in [3.8, 4) is 0 Å². The molecule has 0 aliphatic heterocycles. The van der Waals surface area contributed by atoms with E-state index in [-0.39, 0.29) is 23.2 Å². The predicted molar refractivity (Wildman–Crippen MR) is 62.7 cm³/mol. The molecule has 0 heterocycles. The van der Waals surface area contributed by atoms with Gasteiger partial charge in [-0.3, -0.25) is 15.4 Å². The summed E-state index contributed by atoms with van der Waals surface area (Å²) in [6.45, 7) is 3.40. The number of anilines is 2. The minimum atomic E-state index is -0.668. The van der Waals surface area contributed by atoms with E-state index in [1.54, 1.807) is 13.8 Å². The predicted octanol–water partition coefficient (Wildman–Crippen LogP) is 2.13. The molecule has 1 aromatic rings. The first kappa shape index (κ1) is 12.8. The summed E-state index contributed by atoms with van der Waals surface area (Å²) in [5.41, 5.74) is 5.46. The molecule has 0 aliphatic rings. The Morgan fingerprint density at radius 3 is 2.71 bits per heavy atom. The van der Waals surface area contributed by atoms with E-state index in [1.165, 1.54) is 18.2 Å². The topological polar surface area (TPSA) is 107 Å². The molecule has 0 unspecified atom stereocenters. The van der Waals surface area contributed by atoms with Crippen LogP contribution >= 0.6 is 0 Å². The summed E-state index contributed by atoms with van der Waals surface area (Å²) in [6, 6.07) is 3.99. The Balaban J connectivity index is 2.82. The molecule has 1 amide bonds. The standard InChI is InChI=1S/C10H13N3O4/c1-6(2)17-10(14)12-7-3-4-8(11)9(5-7)13(15)16/h3-6H,11H2,1-2H3,(H,12,14). The third-order valence-electron chi connectivity index (χ3n) is 1.82. The summed E-state index contributed by atoms with van der Waals surface area (Å²) in [6.07, 6.45) is -0.933. The van der Waals surface area contributed by atoms with E-state index in [0.29, 0.717) is 0 Å². The van der Waals surface area contributed by atoms with Gasteiger partial charge >= 0.3 is 6.09 Å². The van der Waals surface area contributed by atoms with Gasteiger partial charge < -0.3 is 10.5 Å². The minimum absolute atomic E-state index is 0.0396. The largest absolute Gasteiger partial charge is 0.447 e. The molecule has 0 fully saturated rings. The Labute approximate surface area is 97.7 Å². The van der Waals surface area contributed by atoms with Crippen molar-refractivity contribution >= 4 is 23.2 Å². The number of carbonyl (C=O) groups excluding carboxylic acids is 1. The van der Waals surface area contributed by atoms with E-state index in [1.807, 2.05) is 0 Å². The molecule has 0 radical (unpaired) electrons. The number of nitrogens with zero attached hydrogens (tertiary/aromatic N) is 1. The normalized spacial score (nSPS) is 10.1. The quantitative estimate of drug-likeness (QED) is 0.477. The Morgan fingerprint density at radius 2 is 2.18 bits per heavy atom. The molecular weight excluding hydrogens is 226 g/mol. The number of hydrogen-bond donors (Lipinski definition) is 2. The minimum Gasteiger partial charge on any atom is -0.447 e. The summed E-state index contributed by atoms with van der Waals surface area (Å²) in [5.74, 6) is 0. The molecule has 92 valence electrons. The van der Waals surface area contributed by atoms with Gasteiger partial charge in [0.05, 0.1) is 16.7 Å². The monoisotopic (exact) mass is 239 g/mol. The summed E-state index contributed by atoms with van der Waals surface area (Å²) in [4.78, 5) is 21.3. The van der Waals surface area contributed by atoms with Gasteiger partial charge in [0, 0.05) is 6.07 Å². The van der Waals surface area contributed by atoms with Crippen LogP contribution in [-0.2, 0) is 4.74 Å². The van der Waals surface area contributed by atoms with Gasteiger partial charge in [-0.05, 0) is 26.0 Å². The van der Waals surface area contributed by atoms with Crippen LogP contribution in [0.3, 0.4) is 0 Å². The average molecular weight is 239 g/mol. The zero-order valence-corrected chi connectivity index (χ0v) is 9.47. The van der Waals surface area contributed by atoms with Gasteiger partial charge in [-0.25, -0.2) is 4.79 Å². The Hall–Kier alpha value is -2.31. The lowest BCUT2D eigenvalue weighted by Gasteiger charge is -2.09. The smallest absolute Gasteiger partial charge is 0.411 e. The Morgan fingerprint density at radius 1 is 1.53 bits per heavy atom. The molecular formula is C10H13N3O4. The van der Waals surface area contributed by atoms with Crippen molar-refractivity contribution in [1.82, 2.24) is 0 Å². The zero-order chi connectivity index (χ0) is 13.0. The van der Waals surface area contributed by atoms with Crippen molar-refractivity contribution in [1.29, 1.82) is 0 Å². The van der Waals surface area contributed by atoms with Crippen LogP contribution in [0.1, 0.15) is 13.8 Å². The lowest BCUT2D eigenvalue weighted by molar-refractivity contribution is -0.383. The molecule has 1 aromatic carbocycles. The number of benzene rings is 1. The van der Waals surface area contributed by atoms with Gasteiger partial charge in [-0.1, -0.05) is 0 Å². The van der Waals surface area contributed by atoms with Gasteiger partial charge in [0.25, 0.3) is 5.69 Å². The number of nitrogen functional groups attached to an aromatic ring is 1. The molecule has 0 bridgehead atoms. The van der Waals surface area contributed by atoms with E-state index < -0.39 is 11.0 Å². The molecule has 0 aliphatic carbocycles. The highest BCUT2D eigenvalue weighted by atomic mass is 16.6. The number of carbonyl (C=O) groups is 1. The molecule has 0 atom stereocenters. The van der Waals surface area contributed by atoms with E-state index in [4.69, 9.17) is 10.5 Å². The molecule has 0 spiro atoms. The highest BCUT2D eigenvalue weighted by Crippen LogP contribution is 2.25. The maximum absolute atomic E-state index is 11.3. The summed E-state index contributed by atoms with van der Waals surface area (Å²) < 4.78 is 4.83. The van der Waals surface area contributed by atoms with Crippen LogP contribution in [0.25, 0.3) is 0 Å². The maximum atomic E-state index is 11.3. The van der Waals surface area contributed by atoms with Gasteiger partial charge in [0.1, 0.15) is 5.69 Å². The first-order valence-electron chi connectivity index (χ1n) is 4.91. The molecule has 7 nitrogen and oxygen atoms in total. The molecule has 0 saturated carbocycles. The number of nitrogens with one attached hydrogen (secondary N) is 1. The van der Waals surface area contributed by atoms with Crippen LogP contribution in [0.5, 0.6) is 0 Å². The van der Waals surface area contributed by atoms with Gasteiger partial charge in [-0.2, -0.15) is 0 Å². The van der Waals surface area contributed by atoms with Crippen LogP contribution in [0.15, 0.2) is 18.2 Å². The van der Waals surface area contributed by atoms with Crippen molar-refractivity contribution in [3.05, 3.63) is 28.3 Å². The lowest BCUT2D eigenvalue weighted by atomic mass is 10.2. The summed E-state index contributed by atoms with van der Waals surface area (Å²) >= 11 is 0. The molecule has 0 aromatic heterocycles. The second-order valence-corrected chi connectivity index (χ2v) is 3.61. The second kappa shape index (κ2) is 5.15. The summed E-state index contributed by atoms with van der Waals surface area (Å²) in [7, 11) is 0. The Kier molecular flexibility index (Phi) is 3.86. The van der Waals surface area contributed by atoms with Crippen LogP contribution in [0.2, 0.25) is 0 Å². The summed E-state index contributed by atoms with van der Waals surface area (Å²) in [5, 5.41) is 13.0. The van der Waals surface area contributed by atoms with Crippen LogP contribution in [0, 0.1) is 10.1 Å². The highest BCUT2D eigenvalue weighted by Gasteiger charge is 2.13. The van der Waals surface area contributed by atoms with Crippen molar-refractivity contribution in [2.45, 2.75) is 20.0 Å². The number of hydrogen-bond acceptors (Lipinski definition) is 5. The number of nitrogens with two attached hydrogens (primary N) is 1. The fraction of sp³-hybridized carbons (Fsp3) is 0.300. The maximum Gasteiger partial charge on any atom is 0.411 e. The van der Waals surface area contributed by atoms with Gasteiger partial charge in [0.2, 0.25) is 0 Å². The van der Waals surface area contributed by atoms with Crippen molar-refractivity contribution in [2.24, 2.45) is 0 Å². The fourth-order valence-corrected chi connectivity index (χ4v) is 1.14. The average Bonchev–Trinajstić information content (AvgIpc) is 2.19. The van der Waals surface area contributed by atoms with E-state index in [9.17, 15) is 14.9 Å². The van der Waals surface area contributed by atoms with Crippen molar-refractivity contribution < 1.29 is 14.5 Å². The molecule has 0 saturated heterocycles. The second-order valence-electron chi connectivity index (χ2n) is 3.61. The third kappa shape index (κ3) is 3.63. The van der Waals surface area contributed by atoms with E-state index in [0.717, 1.165) is 0 Å². The number of nitro groups is 1. The molecule has 17 heavy (non-hydrogen) atoms. The number of amides is 1. The molecule has 3 N–H and O–H groups in total. The third-order valence-corrected chi connectivity index (χ3v) is 1.82. The van der Waals surface area contributed by atoms with Gasteiger partial charge in [-0.15, -0.1) is 0 Å². The lowest BCUT2D eigenvalue weighted by Crippen LogP contribution is -2.18. The van der Waals surface area contributed by atoms with E-state index in [2.05, 4.69) is 5.32 Å². The highest BCUT2D eigenvalue weighted by molar-refractivity contribution is 5.86. The van der Waals surface area contributed by atoms with Crippen LogP contribution in [-0.4, -0.2) is 17.1 Å². The first-order chi connectivity index (χ1) is 7.90. The van der Waals surface area contributed by atoms with Crippen molar-refractivity contribution in [3.63, 3.8) is 0 Å². The first-order valence-corrected chi connectivity index (χ1v) is 4.91. The zero-order valence-electron chi connectivity index (χ0n) is 9.47. The number of rotatable bonds is 3. The van der Waals surface area contributed by atoms with Gasteiger partial charge in [0.15, 0.2) is 0 Å². The fourth-order valence-electron chi connectivity index (χ4n) is 1.14. The van der Waals surface area contributed by atoms with Crippen molar-refractivity contribution in [2.75, 3.05) is 11.1 Å². The number of nitro benzene ring substituents is 1. The van der Waals surface area contributed by atoms with Crippen LogP contribution in [0.4, 0.5) is 21.9 Å². The molecule has 7 heteroatoms. The van der Waals surface area contributed by atoms with E-state index >= 15 is 0 Å².